The number of nitrogens with one attached hydrogen (secondary N) is 1. The number of ether oxygens (including phenoxy) is 3. The van der Waals surface area contributed by atoms with Crippen LogP contribution < -0.4 is 14.8 Å². The lowest BCUT2D eigenvalue weighted by atomic mass is 9.96. The number of anilines is 1. The maximum Gasteiger partial charge on any atom is 0.306 e. The molecule has 2 N–H and O–H groups in total. The average Bonchev–Trinajstić information content (AvgIpc) is 2.82. The van der Waals surface area contributed by atoms with E-state index in [2.05, 4.69) is 18.3 Å². The summed E-state index contributed by atoms with van der Waals surface area (Å²) >= 11 is 5.43. The number of fused-ring (bicyclic) bond motifs is 1. The van der Waals surface area contributed by atoms with Gasteiger partial charge in [-0.3, -0.25) is 4.79 Å². The lowest BCUT2D eigenvalue weighted by Crippen LogP contribution is -2.30. The largest absolute Gasteiger partial charge is 0.493 e. The molecule has 0 bridgehead atoms. The Bertz CT molecular complexity index is 898. The van der Waals surface area contributed by atoms with E-state index >= 15 is 0 Å². The second-order valence-corrected chi connectivity index (χ2v) is 6.89. The third kappa shape index (κ3) is 3.95. The smallest absolute Gasteiger partial charge is 0.306 e. The molecule has 1 aliphatic heterocycles. The number of para-hydroxylation sites is 1. The molecule has 0 aromatic heterocycles. The van der Waals surface area contributed by atoms with Crippen molar-refractivity contribution in [3.63, 3.8) is 0 Å². The highest BCUT2D eigenvalue weighted by Gasteiger charge is 2.33. The molecule has 0 amide bonds. The molecule has 148 valence electrons. The van der Waals surface area contributed by atoms with E-state index < -0.39 is 18.2 Å². The highest BCUT2D eigenvalue weighted by Crippen LogP contribution is 2.43. The molecule has 1 heterocycles. The van der Waals surface area contributed by atoms with Crippen molar-refractivity contribution < 1.29 is 24.1 Å². The number of carboxylic acid groups (broad SMARTS) is 1. The first-order chi connectivity index (χ1) is 13.5. The van der Waals surface area contributed by atoms with Crippen LogP contribution in [-0.2, 0) is 16.0 Å². The molecular weight excluding hydrogens is 378 g/mol. The number of methoxy groups -OCH3 is 2. The summed E-state index contributed by atoms with van der Waals surface area (Å²) in [5.74, 6) is 0.141. The van der Waals surface area contributed by atoms with Crippen LogP contribution in [0, 0.1) is 0 Å². The van der Waals surface area contributed by atoms with Crippen LogP contribution in [0.3, 0.4) is 0 Å². The second kappa shape index (κ2) is 8.58. The minimum Gasteiger partial charge on any atom is -0.493 e. The van der Waals surface area contributed by atoms with Crippen molar-refractivity contribution in [1.82, 2.24) is 0 Å². The number of hydrogen-bond acceptors (Lipinski definition) is 5. The fourth-order valence-corrected chi connectivity index (χ4v) is 3.58. The van der Waals surface area contributed by atoms with E-state index in [1.807, 2.05) is 24.3 Å². The minimum absolute atomic E-state index is 0.233. The molecule has 6 nitrogen and oxygen atoms in total. The summed E-state index contributed by atoms with van der Waals surface area (Å²) in [6.45, 7) is 2.08. The molecule has 0 unspecified atom stereocenters. The molecule has 2 atom stereocenters. The number of benzene rings is 2. The van der Waals surface area contributed by atoms with Crippen LogP contribution in [0.2, 0.25) is 0 Å². The molecule has 0 saturated heterocycles. The molecule has 0 saturated carbocycles. The van der Waals surface area contributed by atoms with Gasteiger partial charge in [-0.15, -0.1) is 0 Å². The van der Waals surface area contributed by atoms with Crippen molar-refractivity contribution in [3.05, 3.63) is 53.1 Å². The van der Waals surface area contributed by atoms with Crippen LogP contribution in [0.25, 0.3) is 0 Å². The van der Waals surface area contributed by atoms with E-state index in [0.29, 0.717) is 16.5 Å². The summed E-state index contributed by atoms with van der Waals surface area (Å²) in [5, 5.41) is 12.5. The van der Waals surface area contributed by atoms with Gasteiger partial charge in [0.25, 0.3) is 0 Å². The van der Waals surface area contributed by atoms with Gasteiger partial charge in [-0.1, -0.05) is 43.4 Å². The molecular formula is C21H23NO5S. The van der Waals surface area contributed by atoms with Gasteiger partial charge < -0.3 is 24.6 Å². The van der Waals surface area contributed by atoms with E-state index in [1.54, 1.807) is 20.3 Å². The first-order valence-corrected chi connectivity index (χ1v) is 9.41. The van der Waals surface area contributed by atoms with Gasteiger partial charge >= 0.3 is 5.97 Å². The van der Waals surface area contributed by atoms with Gasteiger partial charge in [-0.25, -0.2) is 0 Å². The number of rotatable bonds is 6. The average molecular weight is 401 g/mol. The van der Waals surface area contributed by atoms with Crippen molar-refractivity contribution in [2.75, 3.05) is 19.5 Å². The zero-order valence-corrected chi connectivity index (χ0v) is 16.8. The maximum absolute atomic E-state index is 11.4. The number of aryl methyl sites for hydroxylation is 1. The van der Waals surface area contributed by atoms with Gasteiger partial charge in [0, 0.05) is 16.8 Å². The number of carbonyl (C=O) groups is 1. The number of hydrogen-bond donors (Lipinski definition) is 2. The summed E-state index contributed by atoms with van der Waals surface area (Å²) in [6, 6.07) is 11.6. The highest BCUT2D eigenvalue weighted by atomic mass is 32.1. The minimum atomic E-state index is -0.981. The molecule has 2 aromatic rings. The predicted molar refractivity (Wildman–Crippen MR) is 111 cm³/mol. The molecule has 28 heavy (non-hydrogen) atoms. The standard InChI is InChI=1S/C21H23NO5S/c1-4-12-8-9-15-14(10-12)19(27-17(11-18(23)24)21(28)22-15)13-6-5-7-16(25-2)20(13)26-3/h5-10,17,19H,4,11H2,1-3H3,(H,22,28)(H,23,24)/t17-,19-/m1/s1. The monoisotopic (exact) mass is 401 g/mol. The Balaban J connectivity index is 2.18. The summed E-state index contributed by atoms with van der Waals surface area (Å²) in [6.07, 6.45) is -0.712. The number of thiocarbonyl (C=S) groups is 1. The Morgan fingerprint density at radius 1 is 1.21 bits per heavy atom. The SMILES string of the molecule is CCc1ccc2c(c1)[C@@H](c1cccc(OC)c1OC)O[C@H](CC(=O)O)C(=S)N2. The van der Waals surface area contributed by atoms with E-state index in [4.69, 9.17) is 26.4 Å². The Morgan fingerprint density at radius 3 is 2.64 bits per heavy atom. The molecule has 3 rings (SSSR count). The van der Waals surface area contributed by atoms with Gasteiger partial charge in [0.2, 0.25) is 0 Å². The maximum atomic E-state index is 11.4. The fourth-order valence-electron chi connectivity index (χ4n) is 3.33. The van der Waals surface area contributed by atoms with Crippen LogP contribution >= 0.6 is 12.2 Å². The van der Waals surface area contributed by atoms with Crippen LogP contribution in [0.4, 0.5) is 5.69 Å². The molecule has 0 spiro atoms. The van der Waals surface area contributed by atoms with Crippen molar-refractivity contribution in [1.29, 1.82) is 0 Å². The summed E-state index contributed by atoms with van der Waals surface area (Å²) < 4.78 is 17.3. The quantitative estimate of drug-likeness (QED) is 0.709. The van der Waals surface area contributed by atoms with Crippen LogP contribution in [0.1, 0.15) is 36.1 Å². The molecule has 7 heteroatoms. The Hall–Kier alpha value is -2.64. The van der Waals surface area contributed by atoms with Crippen molar-refractivity contribution >= 4 is 28.9 Å². The third-order valence-electron chi connectivity index (χ3n) is 4.73. The van der Waals surface area contributed by atoms with Gasteiger partial charge in [-0.05, 0) is 24.1 Å². The van der Waals surface area contributed by atoms with Crippen LogP contribution in [-0.4, -0.2) is 36.4 Å². The summed E-state index contributed by atoms with van der Waals surface area (Å²) in [4.78, 5) is 11.7. The Morgan fingerprint density at radius 2 is 2.00 bits per heavy atom. The Kier molecular flexibility index (Phi) is 6.16. The van der Waals surface area contributed by atoms with E-state index in [-0.39, 0.29) is 6.42 Å². The lowest BCUT2D eigenvalue weighted by Gasteiger charge is -2.24. The summed E-state index contributed by atoms with van der Waals surface area (Å²) in [7, 11) is 3.14. The first-order valence-electron chi connectivity index (χ1n) is 9.00. The van der Waals surface area contributed by atoms with Gasteiger partial charge in [0.15, 0.2) is 11.5 Å². The van der Waals surface area contributed by atoms with Crippen molar-refractivity contribution in [3.8, 4) is 11.5 Å². The first kappa shape index (κ1) is 20.1. The van der Waals surface area contributed by atoms with Crippen LogP contribution in [0.15, 0.2) is 36.4 Å². The topological polar surface area (TPSA) is 77.0 Å². The second-order valence-electron chi connectivity index (χ2n) is 6.45. The van der Waals surface area contributed by atoms with E-state index in [9.17, 15) is 9.90 Å². The zero-order chi connectivity index (χ0) is 20.3. The van der Waals surface area contributed by atoms with Crippen molar-refractivity contribution in [2.45, 2.75) is 32.0 Å². The van der Waals surface area contributed by atoms with E-state index in [1.165, 1.54) is 0 Å². The Labute approximate surface area is 169 Å². The van der Waals surface area contributed by atoms with Gasteiger partial charge in [0.05, 0.1) is 20.6 Å². The third-order valence-corrected chi connectivity index (χ3v) is 5.10. The molecule has 2 aromatic carbocycles. The number of carboxylic acids is 1. The molecule has 1 aliphatic rings. The van der Waals surface area contributed by atoms with Gasteiger partial charge in [0.1, 0.15) is 17.2 Å². The predicted octanol–water partition coefficient (Wildman–Crippen LogP) is 3.97. The summed E-state index contributed by atoms with van der Waals surface area (Å²) in [5.41, 5.74) is 3.56. The molecule has 0 aliphatic carbocycles. The van der Waals surface area contributed by atoms with Crippen LogP contribution in [0.5, 0.6) is 11.5 Å². The zero-order valence-electron chi connectivity index (χ0n) is 16.0. The highest BCUT2D eigenvalue weighted by molar-refractivity contribution is 7.80. The number of aliphatic carboxylic acids is 1. The lowest BCUT2D eigenvalue weighted by molar-refractivity contribution is -0.139. The normalized spacial score (nSPS) is 18.6. The fraction of sp³-hybridized carbons (Fsp3) is 0.333. The van der Waals surface area contributed by atoms with E-state index in [0.717, 1.165) is 28.8 Å². The molecule has 0 fully saturated rings. The van der Waals surface area contributed by atoms with Gasteiger partial charge in [-0.2, -0.15) is 0 Å². The molecule has 0 radical (unpaired) electrons. The van der Waals surface area contributed by atoms with Crippen molar-refractivity contribution in [2.24, 2.45) is 0 Å².